The number of rotatable bonds is 5. The van der Waals surface area contributed by atoms with Gasteiger partial charge in [0.2, 0.25) is 5.91 Å². The number of guanidine groups is 1. The van der Waals surface area contributed by atoms with Gasteiger partial charge in [0.05, 0.1) is 6.54 Å². The van der Waals surface area contributed by atoms with E-state index in [9.17, 15) is 9.18 Å². The lowest BCUT2D eigenvalue weighted by atomic mass is 9.90. The van der Waals surface area contributed by atoms with Crippen molar-refractivity contribution in [3.8, 4) is 0 Å². The van der Waals surface area contributed by atoms with Gasteiger partial charge in [-0.2, -0.15) is 0 Å². The van der Waals surface area contributed by atoms with E-state index in [1.165, 1.54) is 6.07 Å². The Morgan fingerprint density at radius 3 is 2.85 bits per heavy atom. The molecule has 3 rings (SSSR count). The molecule has 0 saturated heterocycles. The Labute approximate surface area is 159 Å². The average molecular weight is 368 g/mol. The smallest absolute Gasteiger partial charge is 0.225 e. The Balaban J connectivity index is 1.68. The molecule has 2 aromatic carbocycles. The number of aliphatic imine (C=N–C) groups is 1. The quantitative estimate of drug-likeness (QED) is 0.560. The number of halogens is 1. The normalized spacial score (nSPS) is 16.5. The third kappa shape index (κ3) is 4.84. The van der Waals surface area contributed by atoms with Crippen molar-refractivity contribution in [2.45, 2.75) is 32.7 Å². The SMILES string of the molecule is CCNC(=NCc1ccc(C)c(F)c1)NCC1CC(=O)Nc2ccccc21. The van der Waals surface area contributed by atoms with Gasteiger partial charge in [-0.05, 0) is 42.7 Å². The number of hydrogen-bond acceptors (Lipinski definition) is 2. The van der Waals surface area contributed by atoms with Gasteiger partial charge in [-0.25, -0.2) is 9.38 Å². The van der Waals surface area contributed by atoms with Crippen LogP contribution in [0.3, 0.4) is 0 Å². The second-order valence-electron chi connectivity index (χ2n) is 6.70. The minimum Gasteiger partial charge on any atom is -0.357 e. The summed E-state index contributed by atoms with van der Waals surface area (Å²) in [7, 11) is 0. The molecule has 2 aromatic rings. The lowest BCUT2D eigenvalue weighted by molar-refractivity contribution is -0.116. The highest BCUT2D eigenvalue weighted by atomic mass is 19.1. The van der Waals surface area contributed by atoms with Gasteiger partial charge in [-0.1, -0.05) is 30.3 Å². The minimum atomic E-state index is -0.217. The highest BCUT2D eigenvalue weighted by molar-refractivity contribution is 5.94. The average Bonchev–Trinajstić information content (AvgIpc) is 2.66. The van der Waals surface area contributed by atoms with Crippen molar-refractivity contribution in [1.82, 2.24) is 10.6 Å². The van der Waals surface area contributed by atoms with E-state index < -0.39 is 0 Å². The van der Waals surface area contributed by atoms with Crippen molar-refractivity contribution in [3.05, 3.63) is 65.0 Å². The molecule has 0 spiro atoms. The molecule has 1 atom stereocenters. The summed E-state index contributed by atoms with van der Waals surface area (Å²) in [4.78, 5) is 16.5. The van der Waals surface area contributed by atoms with Crippen molar-refractivity contribution >= 4 is 17.6 Å². The summed E-state index contributed by atoms with van der Waals surface area (Å²) < 4.78 is 13.7. The molecule has 0 radical (unpaired) electrons. The monoisotopic (exact) mass is 368 g/mol. The fourth-order valence-corrected chi connectivity index (χ4v) is 3.15. The molecule has 1 unspecified atom stereocenters. The number of nitrogens with zero attached hydrogens (tertiary/aromatic N) is 1. The molecule has 142 valence electrons. The van der Waals surface area contributed by atoms with Crippen LogP contribution >= 0.6 is 0 Å². The van der Waals surface area contributed by atoms with Gasteiger partial charge >= 0.3 is 0 Å². The van der Waals surface area contributed by atoms with E-state index in [-0.39, 0.29) is 17.6 Å². The first kappa shape index (κ1) is 18.9. The van der Waals surface area contributed by atoms with Crippen LogP contribution in [-0.2, 0) is 11.3 Å². The fourth-order valence-electron chi connectivity index (χ4n) is 3.15. The zero-order chi connectivity index (χ0) is 19.2. The van der Waals surface area contributed by atoms with Crippen LogP contribution in [0.1, 0.15) is 36.0 Å². The topological polar surface area (TPSA) is 65.5 Å². The van der Waals surface area contributed by atoms with Gasteiger partial charge in [0.25, 0.3) is 0 Å². The molecular formula is C21H25FN4O. The maximum Gasteiger partial charge on any atom is 0.225 e. The number of benzene rings is 2. The highest BCUT2D eigenvalue weighted by Crippen LogP contribution is 2.31. The maximum atomic E-state index is 13.7. The summed E-state index contributed by atoms with van der Waals surface area (Å²) in [5.74, 6) is 0.542. The molecule has 5 nitrogen and oxygen atoms in total. The van der Waals surface area contributed by atoms with Gasteiger partial charge in [-0.3, -0.25) is 4.79 Å². The van der Waals surface area contributed by atoms with Gasteiger partial charge in [0.15, 0.2) is 5.96 Å². The number of para-hydroxylation sites is 1. The van der Waals surface area contributed by atoms with Crippen LogP contribution < -0.4 is 16.0 Å². The predicted molar refractivity (Wildman–Crippen MR) is 106 cm³/mol. The Morgan fingerprint density at radius 1 is 1.26 bits per heavy atom. The largest absolute Gasteiger partial charge is 0.357 e. The molecule has 0 aromatic heterocycles. The molecule has 1 amide bonds. The first-order valence-corrected chi connectivity index (χ1v) is 9.22. The number of amides is 1. The third-order valence-corrected chi connectivity index (χ3v) is 4.62. The zero-order valence-corrected chi connectivity index (χ0v) is 15.7. The van der Waals surface area contributed by atoms with E-state index in [1.807, 2.05) is 37.3 Å². The summed E-state index contributed by atoms with van der Waals surface area (Å²) in [5.41, 5.74) is 3.44. The fraction of sp³-hybridized carbons (Fsp3) is 0.333. The highest BCUT2D eigenvalue weighted by Gasteiger charge is 2.24. The second kappa shape index (κ2) is 8.66. The molecule has 0 saturated carbocycles. The summed E-state index contributed by atoms with van der Waals surface area (Å²) >= 11 is 0. The number of nitrogens with one attached hydrogen (secondary N) is 3. The maximum absolute atomic E-state index is 13.7. The lowest BCUT2D eigenvalue weighted by Crippen LogP contribution is -2.40. The summed E-state index contributed by atoms with van der Waals surface area (Å²) in [6, 6.07) is 13.0. The molecule has 1 aliphatic heterocycles. The van der Waals surface area contributed by atoms with Crippen LogP contribution in [0.15, 0.2) is 47.5 Å². The Bertz CT molecular complexity index is 850. The van der Waals surface area contributed by atoms with E-state index in [2.05, 4.69) is 20.9 Å². The van der Waals surface area contributed by atoms with Crippen LogP contribution in [0.5, 0.6) is 0 Å². The number of carbonyl (C=O) groups excluding carboxylic acids is 1. The van der Waals surface area contributed by atoms with Crippen molar-refractivity contribution < 1.29 is 9.18 Å². The molecule has 1 aliphatic rings. The zero-order valence-electron chi connectivity index (χ0n) is 15.7. The van der Waals surface area contributed by atoms with Crippen LogP contribution in [0.4, 0.5) is 10.1 Å². The van der Waals surface area contributed by atoms with E-state index in [0.717, 1.165) is 23.4 Å². The third-order valence-electron chi connectivity index (χ3n) is 4.62. The standard InChI is InChI=1S/C21H25FN4O/c1-3-23-21(24-12-15-9-8-14(2)18(22)10-15)25-13-16-11-20(27)26-19-7-5-4-6-17(16)19/h4-10,16H,3,11-13H2,1-2H3,(H,26,27)(H2,23,24,25). The number of aryl methyl sites for hydroxylation is 1. The van der Waals surface area contributed by atoms with Crippen LogP contribution in [0.25, 0.3) is 0 Å². The van der Waals surface area contributed by atoms with E-state index in [4.69, 9.17) is 0 Å². The van der Waals surface area contributed by atoms with Crippen molar-refractivity contribution in [2.24, 2.45) is 4.99 Å². The van der Waals surface area contributed by atoms with Crippen LogP contribution in [0, 0.1) is 12.7 Å². The minimum absolute atomic E-state index is 0.0255. The van der Waals surface area contributed by atoms with Crippen molar-refractivity contribution in [3.63, 3.8) is 0 Å². The van der Waals surface area contributed by atoms with Crippen molar-refractivity contribution in [2.75, 3.05) is 18.4 Å². The molecule has 0 bridgehead atoms. The Morgan fingerprint density at radius 2 is 2.07 bits per heavy atom. The molecule has 3 N–H and O–H groups in total. The summed E-state index contributed by atoms with van der Waals surface area (Å²) in [6.07, 6.45) is 0.437. The van der Waals surface area contributed by atoms with Crippen LogP contribution in [-0.4, -0.2) is 25.0 Å². The van der Waals surface area contributed by atoms with Crippen molar-refractivity contribution in [1.29, 1.82) is 0 Å². The van der Waals surface area contributed by atoms with Gasteiger partial charge < -0.3 is 16.0 Å². The first-order chi connectivity index (χ1) is 13.1. The second-order valence-corrected chi connectivity index (χ2v) is 6.70. The molecule has 0 aliphatic carbocycles. The Kier molecular flexibility index (Phi) is 6.06. The van der Waals surface area contributed by atoms with Gasteiger partial charge in [0, 0.05) is 31.1 Å². The molecule has 27 heavy (non-hydrogen) atoms. The summed E-state index contributed by atoms with van der Waals surface area (Å²) in [5, 5.41) is 9.42. The van der Waals surface area contributed by atoms with Gasteiger partial charge in [-0.15, -0.1) is 0 Å². The number of anilines is 1. The number of hydrogen-bond donors (Lipinski definition) is 3. The molecular weight excluding hydrogens is 343 g/mol. The lowest BCUT2D eigenvalue weighted by Gasteiger charge is -2.26. The van der Waals surface area contributed by atoms with Gasteiger partial charge in [0.1, 0.15) is 5.82 Å². The molecule has 0 fully saturated rings. The molecule has 6 heteroatoms. The van der Waals surface area contributed by atoms with E-state index in [0.29, 0.717) is 31.0 Å². The predicted octanol–water partition coefficient (Wildman–Crippen LogP) is 3.32. The van der Waals surface area contributed by atoms with Crippen LogP contribution in [0.2, 0.25) is 0 Å². The van der Waals surface area contributed by atoms with E-state index >= 15 is 0 Å². The number of fused-ring (bicyclic) bond motifs is 1. The molecule has 1 heterocycles. The Hall–Kier alpha value is -2.89. The number of carbonyl (C=O) groups is 1. The summed E-state index contributed by atoms with van der Waals surface area (Å²) in [6.45, 7) is 5.43. The van der Waals surface area contributed by atoms with E-state index in [1.54, 1.807) is 13.0 Å². The first-order valence-electron chi connectivity index (χ1n) is 9.22.